The number of hydrogen-bond acceptors (Lipinski definition) is 7. The highest BCUT2D eigenvalue weighted by Crippen LogP contribution is 2.35. The number of anilines is 1. The molecule has 0 saturated heterocycles. The Balaban J connectivity index is 1.65. The lowest BCUT2D eigenvalue weighted by Crippen LogP contribution is -2.20. The zero-order valence-electron chi connectivity index (χ0n) is 20.5. The van der Waals surface area contributed by atoms with Crippen molar-refractivity contribution < 1.29 is 40.5 Å². The molecule has 0 unspecified atom stereocenters. The minimum atomic E-state index is -5.05. The molecule has 0 saturated carbocycles. The SMILES string of the molecule is COc1cc(NS(=O)(=O)c2ccccc2OC(F)(F)F)ccc1Cc1ccnc2cc(OC)c(OC)cc12. The number of methoxy groups -OCH3 is 3. The van der Waals surface area contributed by atoms with Crippen LogP contribution in [0.25, 0.3) is 10.9 Å². The van der Waals surface area contributed by atoms with Gasteiger partial charge < -0.3 is 18.9 Å². The predicted molar refractivity (Wildman–Crippen MR) is 135 cm³/mol. The van der Waals surface area contributed by atoms with Crippen LogP contribution in [0.5, 0.6) is 23.0 Å². The number of ether oxygens (including phenoxy) is 4. The number of fused-ring (bicyclic) bond motifs is 1. The topological polar surface area (TPSA) is 96.0 Å². The molecule has 0 aliphatic rings. The largest absolute Gasteiger partial charge is 0.573 e. The molecule has 38 heavy (non-hydrogen) atoms. The smallest absolute Gasteiger partial charge is 0.496 e. The van der Waals surface area contributed by atoms with Gasteiger partial charge in [0, 0.05) is 30.1 Å². The van der Waals surface area contributed by atoms with Crippen LogP contribution in [0.3, 0.4) is 0 Å². The third-order valence-corrected chi connectivity index (χ3v) is 7.04. The number of sulfonamides is 1. The van der Waals surface area contributed by atoms with Crippen molar-refractivity contribution in [3.63, 3.8) is 0 Å². The average molecular weight is 549 g/mol. The molecular weight excluding hydrogens is 525 g/mol. The van der Waals surface area contributed by atoms with Crippen molar-refractivity contribution in [2.24, 2.45) is 0 Å². The Bertz CT molecular complexity index is 1580. The fourth-order valence-corrected chi connectivity index (χ4v) is 5.11. The summed E-state index contributed by atoms with van der Waals surface area (Å²) in [5.41, 5.74) is 2.43. The molecule has 200 valence electrons. The van der Waals surface area contributed by atoms with Crippen LogP contribution in [0.15, 0.2) is 71.8 Å². The highest BCUT2D eigenvalue weighted by Gasteiger charge is 2.34. The maximum absolute atomic E-state index is 12.9. The first kappa shape index (κ1) is 26.9. The van der Waals surface area contributed by atoms with Gasteiger partial charge >= 0.3 is 6.36 Å². The van der Waals surface area contributed by atoms with Gasteiger partial charge in [0.05, 0.1) is 32.5 Å². The van der Waals surface area contributed by atoms with Crippen LogP contribution in [-0.4, -0.2) is 41.1 Å². The number of alkyl halides is 3. The molecule has 0 radical (unpaired) electrons. The summed E-state index contributed by atoms with van der Waals surface area (Å²) in [6.07, 6.45) is -2.98. The molecule has 0 aliphatic carbocycles. The summed E-state index contributed by atoms with van der Waals surface area (Å²) >= 11 is 0. The molecule has 1 aromatic heterocycles. The monoisotopic (exact) mass is 548 g/mol. The van der Waals surface area contributed by atoms with Gasteiger partial charge in [-0.05, 0) is 41.5 Å². The first-order valence-electron chi connectivity index (χ1n) is 11.1. The summed E-state index contributed by atoms with van der Waals surface area (Å²) < 4.78 is 86.6. The van der Waals surface area contributed by atoms with Crippen molar-refractivity contribution in [1.29, 1.82) is 0 Å². The van der Waals surface area contributed by atoms with Crippen LogP contribution >= 0.6 is 0 Å². The standard InChI is InChI=1S/C26H23F3N2O6S/c1-34-22-13-18(31-38(32,33)25-7-5-4-6-21(25)37-26(27,28)29)9-8-17(22)12-16-10-11-30-20-15-24(36-3)23(35-2)14-19(16)20/h4-11,13-15,31H,12H2,1-3H3. The number of pyridine rings is 1. The van der Waals surface area contributed by atoms with Gasteiger partial charge in [-0.2, -0.15) is 0 Å². The highest BCUT2D eigenvalue weighted by molar-refractivity contribution is 7.92. The molecule has 0 fully saturated rings. The lowest BCUT2D eigenvalue weighted by atomic mass is 10.00. The Kier molecular flexibility index (Phi) is 7.53. The molecule has 12 heteroatoms. The Morgan fingerprint density at radius 1 is 0.816 bits per heavy atom. The molecule has 0 atom stereocenters. The second-order valence-electron chi connectivity index (χ2n) is 8.00. The van der Waals surface area contributed by atoms with Crippen LogP contribution in [-0.2, 0) is 16.4 Å². The van der Waals surface area contributed by atoms with Crippen LogP contribution in [0.4, 0.5) is 18.9 Å². The molecule has 1 N–H and O–H groups in total. The van der Waals surface area contributed by atoms with Crippen molar-refractivity contribution in [3.05, 3.63) is 78.0 Å². The maximum atomic E-state index is 12.9. The summed E-state index contributed by atoms with van der Waals surface area (Å²) in [5.74, 6) is 0.616. The van der Waals surface area contributed by atoms with Gasteiger partial charge in [-0.25, -0.2) is 8.42 Å². The number of nitrogens with one attached hydrogen (secondary N) is 1. The minimum Gasteiger partial charge on any atom is -0.496 e. The number of nitrogens with zero attached hydrogens (tertiary/aromatic N) is 1. The van der Waals surface area contributed by atoms with Crippen LogP contribution in [0.2, 0.25) is 0 Å². The number of aromatic nitrogens is 1. The van der Waals surface area contributed by atoms with Gasteiger partial charge in [0.1, 0.15) is 16.4 Å². The van der Waals surface area contributed by atoms with E-state index in [9.17, 15) is 21.6 Å². The van der Waals surface area contributed by atoms with E-state index in [0.717, 1.165) is 28.6 Å². The number of halogens is 3. The number of benzene rings is 3. The van der Waals surface area contributed by atoms with E-state index in [2.05, 4.69) is 14.4 Å². The zero-order valence-corrected chi connectivity index (χ0v) is 21.3. The van der Waals surface area contributed by atoms with Crippen LogP contribution in [0.1, 0.15) is 11.1 Å². The molecule has 4 rings (SSSR count). The molecule has 3 aromatic carbocycles. The second kappa shape index (κ2) is 10.7. The summed E-state index contributed by atoms with van der Waals surface area (Å²) in [5, 5.41) is 0.832. The fourth-order valence-electron chi connectivity index (χ4n) is 3.93. The number of para-hydroxylation sites is 1. The number of hydrogen-bond donors (Lipinski definition) is 1. The first-order valence-corrected chi connectivity index (χ1v) is 12.6. The van der Waals surface area contributed by atoms with Crippen LogP contribution in [0, 0.1) is 0 Å². The molecule has 0 aliphatic heterocycles. The molecule has 0 bridgehead atoms. The Morgan fingerprint density at radius 3 is 2.18 bits per heavy atom. The van der Waals surface area contributed by atoms with Crippen molar-refractivity contribution in [2.45, 2.75) is 17.7 Å². The van der Waals surface area contributed by atoms with Gasteiger partial charge in [-0.1, -0.05) is 18.2 Å². The van der Waals surface area contributed by atoms with Gasteiger partial charge in [-0.3, -0.25) is 9.71 Å². The fraction of sp³-hybridized carbons (Fsp3) is 0.192. The molecule has 0 spiro atoms. The van der Waals surface area contributed by atoms with E-state index in [4.69, 9.17) is 14.2 Å². The van der Waals surface area contributed by atoms with Crippen molar-refractivity contribution >= 4 is 26.6 Å². The van der Waals surface area contributed by atoms with Gasteiger partial charge in [0.15, 0.2) is 11.5 Å². The third kappa shape index (κ3) is 5.86. The maximum Gasteiger partial charge on any atom is 0.573 e. The third-order valence-electron chi connectivity index (χ3n) is 5.62. The first-order chi connectivity index (χ1) is 18.0. The molecule has 0 amide bonds. The predicted octanol–water partition coefficient (Wildman–Crippen LogP) is 5.55. The lowest BCUT2D eigenvalue weighted by molar-refractivity contribution is -0.275. The molecular formula is C26H23F3N2O6S. The van der Waals surface area contributed by atoms with E-state index in [0.29, 0.717) is 29.2 Å². The van der Waals surface area contributed by atoms with Crippen molar-refractivity contribution in [1.82, 2.24) is 4.98 Å². The second-order valence-corrected chi connectivity index (χ2v) is 9.65. The summed E-state index contributed by atoms with van der Waals surface area (Å²) in [4.78, 5) is 3.74. The van der Waals surface area contributed by atoms with E-state index < -0.39 is 27.0 Å². The molecule has 4 aromatic rings. The average Bonchev–Trinajstić information content (AvgIpc) is 2.88. The number of rotatable bonds is 9. The molecule has 1 heterocycles. The van der Waals surface area contributed by atoms with Crippen LogP contribution < -0.4 is 23.7 Å². The van der Waals surface area contributed by atoms with E-state index in [-0.39, 0.29) is 5.69 Å². The summed E-state index contributed by atoms with van der Waals surface area (Å²) in [6.45, 7) is 0. The van der Waals surface area contributed by atoms with E-state index in [1.165, 1.54) is 45.6 Å². The Hall–Kier alpha value is -4.19. The van der Waals surface area contributed by atoms with Gasteiger partial charge in [-0.15, -0.1) is 13.2 Å². The van der Waals surface area contributed by atoms with Crippen molar-refractivity contribution in [2.75, 3.05) is 26.1 Å². The van der Waals surface area contributed by atoms with E-state index >= 15 is 0 Å². The quantitative estimate of drug-likeness (QED) is 0.293. The highest BCUT2D eigenvalue weighted by atomic mass is 32.2. The van der Waals surface area contributed by atoms with Gasteiger partial charge in [0.25, 0.3) is 10.0 Å². The normalized spacial score (nSPS) is 11.7. The van der Waals surface area contributed by atoms with Gasteiger partial charge in [0.2, 0.25) is 0 Å². The summed E-state index contributed by atoms with van der Waals surface area (Å²) in [6, 6.07) is 14.5. The Labute approximate surface area is 217 Å². The Morgan fingerprint density at radius 2 is 1.50 bits per heavy atom. The lowest BCUT2D eigenvalue weighted by Gasteiger charge is -2.16. The van der Waals surface area contributed by atoms with Crippen molar-refractivity contribution in [3.8, 4) is 23.0 Å². The minimum absolute atomic E-state index is 0.0957. The van der Waals surface area contributed by atoms with E-state index in [1.54, 1.807) is 18.3 Å². The zero-order chi connectivity index (χ0) is 27.5. The molecule has 8 nitrogen and oxygen atoms in total. The summed E-state index contributed by atoms with van der Waals surface area (Å²) in [7, 11) is 0.0876. The van der Waals surface area contributed by atoms with E-state index in [1.807, 2.05) is 12.1 Å².